The molecule has 3 heteroatoms. The lowest BCUT2D eigenvalue weighted by atomic mass is 9.80. The first kappa shape index (κ1) is 28.7. The van der Waals surface area contributed by atoms with Crippen molar-refractivity contribution in [1.29, 1.82) is 0 Å². The molecule has 2 heterocycles. The van der Waals surface area contributed by atoms with Gasteiger partial charge in [0, 0.05) is 32.9 Å². The predicted octanol–water partition coefficient (Wildman–Crippen LogP) is 12.5. The van der Waals surface area contributed by atoms with E-state index in [4.69, 9.17) is 14.4 Å². The van der Waals surface area contributed by atoms with Crippen molar-refractivity contribution in [2.24, 2.45) is 0 Å². The third-order valence-corrected chi connectivity index (χ3v) is 10.5. The SMILES string of the molecule is CC1(C)c2cccc(-c3cc(-c4ccc5c(c4)oc4ccccc45)nc(-c4ccc(-c5ccccc5)cc4)n3)c2-c2ccc3ccccc3c21. The summed E-state index contributed by atoms with van der Waals surface area (Å²) in [7, 11) is 0. The number of nitrogens with zero attached hydrogens (tertiary/aromatic N) is 2. The Morgan fingerprint density at radius 2 is 1.14 bits per heavy atom. The molecule has 0 spiro atoms. The molecule has 10 rings (SSSR count). The molecule has 0 saturated carbocycles. The largest absolute Gasteiger partial charge is 0.456 e. The number of hydrogen-bond donors (Lipinski definition) is 0. The van der Waals surface area contributed by atoms with Crippen molar-refractivity contribution < 1.29 is 4.42 Å². The van der Waals surface area contributed by atoms with Crippen LogP contribution in [-0.2, 0) is 5.41 Å². The summed E-state index contributed by atoms with van der Waals surface area (Å²) in [6, 6.07) is 55.8. The topological polar surface area (TPSA) is 38.9 Å². The molecular weight excluding hydrogens is 609 g/mol. The first-order chi connectivity index (χ1) is 24.5. The molecule has 2 aromatic heterocycles. The fourth-order valence-electron chi connectivity index (χ4n) is 8.05. The zero-order valence-corrected chi connectivity index (χ0v) is 27.8. The maximum Gasteiger partial charge on any atom is 0.160 e. The summed E-state index contributed by atoms with van der Waals surface area (Å²) in [6.07, 6.45) is 0. The zero-order chi connectivity index (χ0) is 33.4. The van der Waals surface area contributed by atoms with E-state index in [1.54, 1.807) is 0 Å². The Kier molecular flexibility index (Phi) is 6.22. The fourth-order valence-corrected chi connectivity index (χ4v) is 8.05. The first-order valence-corrected chi connectivity index (χ1v) is 17.2. The van der Waals surface area contributed by atoms with Crippen LogP contribution < -0.4 is 0 Å². The quantitative estimate of drug-likeness (QED) is 0.192. The van der Waals surface area contributed by atoms with Crippen LogP contribution in [0, 0.1) is 0 Å². The van der Waals surface area contributed by atoms with E-state index in [1.807, 2.05) is 18.2 Å². The van der Waals surface area contributed by atoms with E-state index in [1.165, 1.54) is 38.6 Å². The normalized spacial score (nSPS) is 13.2. The maximum atomic E-state index is 6.31. The van der Waals surface area contributed by atoms with Crippen molar-refractivity contribution in [2.45, 2.75) is 19.3 Å². The van der Waals surface area contributed by atoms with Gasteiger partial charge in [-0.2, -0.15) is 0 Å². The average Bonchev–Trinajstić information content (AvgIpc) is 3.66. The molecule has 0 fully saturated rings. The number of aromatic nitrogens is 2. The third-order valence-electron chi connectivity index (χ3n) is 10.5. The van der Waals surface area contributed by atoms with Gasteiger partial charge in [-0.15, -0.1) is 0 Å². The molecule has 1 aliphatic carbocycles. The van der Waals surface area contributed by atoms with Crippen molar-refractivity contribution >= 4 is 32.7 Å². The minimum absolute atomic E-state index is 0.167. The van der Waals surface area contributed by atoms with Crippen molar-refractivity contribution in [2.75, 3.05) is 0 Å². The second-order valence-corrected chi connectivity index (χ2v) is 13.8. The minimum Gasteiger partial charge on any atom is -0.456 e. The summed E-state index contributed by atoms with van der Waals surface area (Å²) in [6.45, 7) is 4.70. The molecule has 9 aromatic rings. The molecular formula is C47H32N2O. The van der Waals surface area contributed by atoms with E-state index >= 15 is 0 Å². The van der Waals surface area contributed by atoms with Gasteiger partial charge < -0.3 is 4.42 Å². The van der Waals surface area contributed by atoms with Crippen molar-refractivity contribution in [3.63, 3.8) is 0 Å². The van der Waals surface area contributed by atoms with Crippen LogP contribution in [0.4, 0.5) is 0 Å². The molecule has 0 amide bonds. The Morgan fingerprint density at radius 3 is 2.00 bits per heavy atom. The lowest BCUT2D eigenvalue weighted by Gasteiger charge is -2.23. The van der Waals surface area contributed by atoms with E-state index in [9.17, 15) is 0 Å². The van der Waals surface area contributed by atoms with Gasteiger partial charge in [-0.25, -0.2) is 9.97 Å². The standard InChI is InChI=1S/C47H32N2O/c1-47(2)39-17-10-16-37(44(39)38-26-23-31-13-6-7-14-34(31)45(38)47)41-28-40(33-24-25-36-35-15-8-9-18-42(35)50-43(36)27-33)48-46(49-41)32-21-19-30(20-22-32)29-11-4-3-5-12-29/h3-28H,1-2H3. The number of rotatable bonds is 4. The Bertz CT molecular complexity index is 2770. The lowest BCUT2D eigenvalue weighted by Crippen LogP contribution is -2.15. The summed E-state index contributed by atoms with van der Waals surface area (Å²) >= 11 is 0. The molecule has 0 unspecified atom stereocenters. The molecule has 0 N–H and O–H groups in total. The van der Waals surface area contributed by atoms with Gasteiger partial charge in [-0.05, 0) is 68.4 Å². The van der Waals surface area contributed by atoms with E-state index < -0.39 is 0 Å². The molecule has 7 aromatic carbocycles. The van der Waals surface area contributed by atoms with Crippen LogP contribution in [-0.4, -0.2) is 9.97 Å². The first-order valence-electron chi connectivity index (χ1n) is 17.2. The van der Waals surface area contributed by atoms with Crippen LogP contribution in [0.2, 0.25) is 0 Å². The number of hydrogen-bond acceptors (Lipinski definition) is 3. The second kappa shape index (κ2) is 10.8. The third kappa shape index (κ3) is 4.37. The Hall–Kier alpha value is -6.32. The van der Waals surface area contributed by atoms with Crippen LogP contribution >= 0.6 is 0 Å². The fraction of sp³-hybridized carbons (Fsp3) is 0.0638. The molecule has 0 aliphatic heterocycles. The van der Waals surface area contributed by atoms with Crippen molar-refractivity contribution in [3.8, 4) is 56.2 Å². The number of furan rings is 1. The van der Waals surface area contributed by atoms with E-state index in [2.05, 4.69) is 153 Å². The number of benzene rings is 7. The Labute approximate surface area is 290 Å². The van der Waals surface area contributed by atoms with E-state index in [0.717, 1.165) is 55.6 Å². The van der Waals surface area contributed by atoms with E-state index in [0.29, 0.717) is 5.82 Å². The van der Waals surface area contributed by atoms with Gasteiger partial charge in [-0.3, -0.25) is 0 Å². The molecule has 0 radical (unpaired) electrons. The highest BCUT2D eigenvalue weighted by molar-refractivity contribution is 6.06. The van der Waals surface area contributed by atoms with Gasteiger partial charge in [0.2, 0.25) is 0 Å². The number of fused-ring (bicyclic) bond motifs is 8. The van der Waals surface area contributed by atoms with Crippen LogP contribution in [0.25, 0.3) is 88.9 Å². The second-order valence-electron chi connectivity index (χ2n) is 13.8. The molecule has 236 valence electrons. The molecule has 0 saturated heterocycles. The lowest BCUT2D eigenvalue weighted by molar-refractivity contribution is 0.666. The predicted molar refractivity (Wildman–Crippen MR) is 206 cm³/mol. The van der Waals surface area contributed by atoms with Gasteiger partial charge in [-0.1, -0.05) is 147 Å². The molecule has 0 bridgehead atoms. The monoisotopic (exact) mass is 640 g/mol. The molecule has 1 aliphatic rings. The summed E-state index contributed by atoms with van der Waals surface area (Å²) in [5, 5.41) is 4.78. The van der Waals surface area contributed by atoms with Crippen LogP contribution in [0.5, 0.6) is 0 Å². The summed E-state index contributed by atoms with van der Waals surface area (Å²) in [5.41, 5.74) is 13.9. The summed E-state index contributed by atoms with van der Waals surface area (Å²) in [5.74, 6) is 0.690. The molecule has 3 nitrogen and oxygen atoms in total. The summed E-state index contributed by atoms with van der Waals surface area (Å²) < 4.78 is 6.31. The molecule has 50 heavy (non-hydrogen) atoms. The average molecular weight is 641 g/mol. The minimum atomic E-state index is -0.167. The maximum absolute atomic E-state index is 6.31. The highest BCUT2D eigenvalue weighted by Crippen LogP contribution is 2.54. The van der Waals surface area contributed by atoms with Crippen molar-refractivity contribution in [1.82, 2.24) is 9.97 Å². The number of para-hydroxylation sites is 1. The Morgan fingerprint density at radius 1 is 0.460 bits per heavy atom. The van der Waals surface area contributed by atoms with Gasteiger partial charge >= 0.3 is 0 Å². The van der Waals surface area contributed by atoms with Gasteiger partial charge in [0.25, 0.3) is 0 Å². The van der Waals surface area contributed by atoms with Crippen molar-refractivity contribution in [3.05, 3.63) is 169 Å². The van der Waals surface area contributed by atoms with Gasteiger partial charge in [0.05, 0.1) is 11.4 Å². The highest BCUT2D eigenvalue weighted by Gasteiger charge is 2.38. The summed E-state index contributed by atoms with van der Waals surface area (Å²) in [4.78, 5) is 10.5. The smallest absolute Gasteiger partial charge is 0.160 e. The zero-order valence-electron chi connectivity index (χ0n) is 27.8. The van der Waals surface area contributed by atoms with Crippen LogP contribution in [0.15, 0.2) is 162 Å². The van der Waals surface area contributed by atoms with Gasteiger partial charge in [0.1, 0.15) is 11.2 Å². The Balaban J connectivity index is 1.19. The van der Waals surface area contributed by atoms with Crippen LogP contribution in [0.1, 0.15) is 25.0 Å². The van der Waals surface area contributed by atoms with E-state index in [-0.39, 0.29) is 5.41 Å². The van der Waals surface area contributed by atoms with Crippen LogP contribution in [0.3, 0.4) is 0 Å². The van der Waals surface area contributed by atoms with Gasteiger partial charge in [0.15, 0.2) is 5.82 Å². The molecule has 0 atom stereocenters. The highest BCUT2D eigenvalue weighted by atomic mass is 16.3.